The van der Waals surface area contributed by atoms with E-state index in [-0.39, 0.29) is 35.6 Å². The van der Waals surface area contributed by atoms with Crippen molar-refractivity contribution >= 4 is 23.4 Å². The SMILES string of the molecule is O=C(CCNC(=O)C12CC3CC(CC(C3)C1)C2)Nc1ccccc1C(=O)NC1CC1. The lowest BCUT2D eigenvalue weighted by Crippen LogP contribution is -2.53. The molecule has 0 aliphatic heterocycles. The molecule has 5 fully saturated rings. The molecule has 0 spiro atoms. The summed E-state index contributed by atoms with van der Waals surface area (Å²) in [5.74, 6) is 1.99. The molecule has 6 heteroatoms. The predicted octanol–water partition coefficient (Wildman–Crippen LogP) is 3.24. The van der Waals surface area contributed by atoms with Crippen LogP contribution in [0.2, 0.25) is 0 Å². The van der Waals surface area contributed by atoms with Gasteiger partial charge >= 0.3 is 0 Å². The van der Waals surface area contributed by atoms with Gasteiger partial charge in [0.2, 0.25) is 11.8 Å². The van der Waals surface area contributed by atoms with Crippen molar-refractivity contribution < 1.29 is 14.4 Å². The van der Waals surface area contributed by atoms with Crippen molar-refractivity contribution in [3.05, 3.63) is 29.8 Å². The Hall–Kier alpha value is -2.37. The van der Waals surface area contributed by atoms with Crippen LogP contribution in [0.5, 0.6) is 0 Å². The van der Waals surface area contributed by atoms with Crippen molar-refractivity contribution in [3.63, 3.8) is 0 Å². The first-order chi connectivity index (χ1) is 14.5. The van der Waals surface area contributed by atoms with Crippen molar-refractivity contribution in [1.29, 1.82) is 0 Å². The molecular weight excluding hydrogens is 378 g/mol. The second-order valence-electron chi connectivity index (χ2n) is 10.0. The first-order valence-corrected chi connectivity index (χ1v) is 11.5. The van der Waals surface area contributed by atoms with Crippen molar-refractivity contribution in [2.75, 3.05) is 11.9 Å². The van der Waals surface area contributed by atoms with E-state index in [1.54, 1.807) is 24.3 Å². The predicted molar refractivity (Wildman–Crippen MR) is 114 cm³/mol. The summed E-state index contributed by atoms with van der Waals surface area (Å²) in [5, 5.41) is 8.85. The summed E-state index contributed by atoms with van der Waals surface area (Å²) >= 11 is 0. The highest BCUT2D eigenvalue weighted by Gasteiger charge is 2.54. The molecule has 30 heavy (non-hydrogen) atoms. The Bertz CT molecular complexity index is 826. The number of anilines is 1. The van der Waals surface area contributed by atoms with Crippen LogP contribution in [-0.2, 0) is 9.59 Å². The molecule has 1 aromatic carbocycles. The zero-order valence-electron chi connectivity index (χ0n) is 17.4. The van der Waals surface area contributed by atoms with Gasteiger partial charge in [0.05, 0.1) is 11.3 Å². The lowest BCUT2D eigenvalue weighted by atomic mass is 9.49. The Balaban J connectivity index is 1.13. The maximum Gasteiger partial charge on any atom is 0.253 e. The van der Waals surface area contributed by atoms with E-state index in [4.69, 9.17) is 0 Å². The third-order valence-electron chi connectivity index (χ3n) is 7.52. The van der Waals surface area contributed by atoms with Gasteiger partial charge in [0.25, 0.3) is 5.91 Å². The van der Waals surface area contributed by atoms with Gasteiger partial charge in [-0.1, -0.05) is 12.1 Å². The van der Waals surface area contributed by atoms with Gasteiger partial charge in [0, 0.05) is 24.4 Å². The maximum absolute atomic E-state index is 13.0. The molecule has 4 bridgehead atoms. The van der Waals surface area contributed by atoms with Gasteiger partial charge in [0.1, 0.15) is 0 Å². The minimum atomic E-state index is -0.188. The fourth-order valence-electron chi connectivity index (χ4n) is 6.36. The van der Waals surface area contributed by atoms with E-state index in [0.29, 0.717) is 17.8 Å². The fraction of sp³-hybridized carbons (Fsp3) is 0.625. The van der Waals surface area contributed by atoms with Crippen LogP contribution in [0.1, 0.15) is 68.1 Å². The van der Waals surface area contributed by atoms with Crippen LogP contribution in [0.15, 0.2) is 24.3 Å². The molecule has 6 nitrogen and oxygen atoms in total. The molecule has 0 atom stereocenters. The molecule has 1 aromatic rings. The molecule has 5 saturated carbocycles. The summed E-state index contributed by atoms with van der Waals surface area (Å²) < 4.78 is 0. The average molecular weight is 410 g/mol. The summed E-state index contributed by atoms with van der Waals surface area (Å²) in [4.78, 5) is 37.8. The number of nitrogens with one attached hydrogen (secondary N) is 3. The van der Waals surface area contributed by atoms with Gasteiger partial charge in [0.15, 0.2) is 0 Å². The normalized spacial score (nSPS) is 31.3. The third-order valence-corrected chi connectivity index (χ3v) is 7.52. The summed E-state index contributed by atoms with van der Waals surface area (Å²) in [6.45, 7) is 0.336. The van der Waals surface area contributed by atoms with E-state index in [0.717, 1.165) is 49.9 Å². The molecule has 5 aliphatic carbocycles. The number of para-hydroxylation sites is 1. The zero-order chi connectivity index (χ0) is 20.7. The van der Waals surface area contributed by atoms with Gasteiger partial charge in [-0.3, -0.25) is 14.4 Å². The molecule has 0 heterocycles. The molecule has 0 unspecified atom stereocenters. The Morgan fingerprint density at radius 3 is 2.20 bits per heavy atom. The summed E-state index contributed by atoms with van der Waals surface area (Å²) in [6, 6.07) is 7.33. The molecule has 160 valence electrons. The number of carbonyl (C=O) groups is 3. The summed E-state index contributed by atoms with van der Waals surface area (Å²) in [5.41, 5.74) is 0.821. The lowest BCUT2D eigenvalue weighted by molar-refractivity contribution is -0.146. The van der Waals surface area contributed by atoms with E-state index in [2.05, 4.69) is 16.0 Å². The number of benzene rings is 1. The smallest absolute Gasteiger partial charge is 0.253 e. The van der Waals surface area contributed by atoms with E-state index >= 15 is 0 Å². The van der Waals surface area contributed by atoms with Crippen LogP contribution in [0.3, 0.4) is 0 Å². The topological polar surface area (TPSA) is 87.3 Å². The molecule has 0 saturated heterocycles. The van der Waals surface area contributed by atoms with E-state index in [1.807, 2.05) is 0 Å². The quantitative estimate of drug-likeness (QED) is 0.646. The second-order valence-corrected chi connectivity index (χ2v) is 10.0. The molecule has 0 radical (unpaired) electrons. The number of carbonyl (C=O) groups excluding carboxylic acids is 3. The highest BCUT2D eigenvalue weighted by atomic mass is 16.2. The number of hydrogen-bond acceptors (Lipinski definition) is 3. The fourth-order valence-corrected chi connectivity index (χ4v) is 6.36. The Kier molecular flexibility index (Phi) is 5.03. The summed E-state index contributed by atoms with van der Waals surface area (Å²) in [7, 11) is 0. The number of hydrogen-bond donors (Lipinski definition) is 3. The molecule has 6 rings (SSSR count). The van der Waals surface area contributed by atoms with Crippen molar-refractivity contribution in [1.82, 2.24) is 10.6 Å². The van der Waals surface area contributed by atoms with Gasteiger partial charge in [-0.05, 0) is 81.3 Å². The Labute approximate surface area is 177 Å². The maximum atomic E-state index is 13.0. The molecule has 3 N–H and O–H groups in total. The van der Waals surface area contributed by atoms with Gasteiger partial charge < -0.3 is 16.0 Å². The monoisotopic (exact) mass is 409 g/mol. The molecule has 3 amide bonds. The highest BCUT2D eigenvalue weighted by molar-refractivity contribution is 6.04. The van der Waals surface area contributed by atoms with Crippen LogP contribution >= 0.6 is 0 Å². The Morgan fingerprint density at radius 2 is 1.57 bits per heavy atom. The lowest BCUT2D eigenvalue weighted by Gasteiger charge is -2.55. The largest absolute Gasteiger partial charge is 0.355 e. The minimum absolute atomic E-state index is 0.150. The van der Waals surface area contributed by atoms with Gasteiger partial charge in [-0.15, -0.1) is 0 Å². The van der Waals surface area contributed by atoms with E-state index < -0.39 is 0 Å². The standard InChI is InChI=1S/C24H31N3O3/c28-21(27-20-4-2-1-3-19(20)22(29)26-18-5-6-18)7-8-25-23(30)24-12-15-9-16(13-24)11-17(10-15)14-24/h1-4,15-18H,5-14H2,(H,25,30)(H,26,29)(H,27,28). The van der Waals surface area contributed by atoms with Crippen molar-refractivity contribution in [2.24, 2.45) is 23.2 Å². The number of rotatable bonds is 7. The van der Waals surface area contributed by atoms with Gasteiger partial charge in [-0.25, -0.2) is 0 Å². The summed E-state index contributed by atoms with van der Waals surface area (Å²) in [6.07, 6.45) is 9.25. The molecular formula is C24H31N3O3. The van der Waals surface area contributed by atoms with Gasteiger partial charge in [-0.2, -0.15) is 0 Å². The van der Waals surface area contributed by atoms with Crippen LogP contribution in [0.25, 0.3) is 0 Å². The van der Waals surface area contributed by atoms with Crippen LogP contribution < -0.4 is 16.0 Å². The highest BCUT2D eigenvalue weighted by Crippen LogP contribution is 2.60. The van der Waals surface area contributed by atoms with Crippen LogP contribution in [0, 0.1) is 23.2 Å². The van der Waals surface area contributed by atoms with Crippen molar-refractivity contribution in [3.8, 4) is 0 Å². The zero-order valence-corrected chi connectivity index (χ0v) is 17.4. The van der Waals surface area contributed by atoms with Crippen LogP contribution in [-0.4, -0.2) is 30.3 Å². The number of amides is 3. The third kappa shape index (κ3) is 3.96. The second kappa shape index (κ2) is 7.71. The van der Waals surface area contributed by atoms with Crippen LogP contribution in [0.4, 0.5) is 5.69 Å². The average Bonchev–Trinajstić information content (AvgIpc) is 3.51. The first-order valence-electron chi connectivity index (χ1n) is 11.5. The van der Waals surface area contributed by atoms with Crippen molar-refractivity contribution in [2.45, 2.75) is 63.8 Å². The molecule has 5 aliphatic rings. The van der Waals surface area contributed by atoms with E-state index in [1.165, 1.54) is 19.3 Å². The molecule has 0 aromatic heterocycles. The van der Waals surface area contributed by atoms with E-state index in [9.17, 15) is 14.4 Å². The minimum Gasteiger partial charge on any atom is -0.355 e. The first kappa shape index (κ1) is 19.6. The Morgan fingerprint density at radius 1 is 0.933 bits per heavy atom.